The largest absolute Gasteiger partial charge is 0.494 e. The number of hydrogen-bond acceptors (Lipinski definition) is 5. The zero-order chi connectivity index (χ0) is 19.8. The predicted molar refractivity (Wildman–Crippen MR) is 105 cm³/mol. The van der Waals surface area contributed by atoms with E-state index in [0.29, 0.717) is 25.2 Å². The fraction of sp³-hybridized carbons (Fsp3) is 0.500. The smallest absolute Gasteiger partial charge is 0.274 e. The highest BCUT2D eigenvalue weighted by atomic mass is 32.1. The predicted octanol–water partition coefficient (Wildman–Crippen LogP) is 3.51. The van der Waals surface area contributed by atoms with Gasteiger partial charge in [0, 0.05) is 29.3 Å². The summed E-state index contributed by atoms with van der Waals surface area (Å²) in [5.41, 5.74) is 6.56. The number of likely N-dealkylation sites (tertiary alicyclic amines) is 1. The number of amides is 1. The molecule has 2 N–H and O–H groups in total. The second kappa shape index (κ2) is 7.56. The van der Waals surface area contributed by atoms with Gasteiger partial charge in [-0.3, -0.25) is 4.79 Å². The molecule has 0 bridgehead atoms. The quantitative estimate of drug-likeness (QED) is 0.847. The minimum Gasteiger partial charge on any atom is -0.494 e. The SMILES string of the molecule is COc1ccc(C2CCN(C(=O)c3nc(CCN)sc3C)C2(C)C)cc1F. The third-order valence-corrected chi connectivity index (χ3v) is 6.45. The number of methoxy groups -OCH3 is 1. The minimum atomic E-state index is -0.442. The Morgan fingerprint density at radius 3 is 2.85 bits per heavy atom. The van der Waals surface area contributed by atoms with E-state index in [1.165, 1.54) is 24.5 Å². The number of carbonyl (C=O) groups excluding carboxylic acids is 1. The summed E-state index contributed by atoms with van der Waals surface area (Å²) >= 11 is 1.53. The molecule has 27 heavy (non-hydrogen) atoms. The molecule has 2 aromatic rings. The van der Waals surface area contributed by atoms with Gasteiger partial charge >= 0.3 is 0 Å². The van der Waals surface area contributed by atoms with Gasteiger partial charge in [0.2, 0.25) is 0 Å². The van der Waals surface area contributed by atoms with Crippen LogP contribution in [0.2, 0.25) is 0 Å². The van der Waals surface area contributed by atoms with Gasteiger partial charge in [0.25, 0.3) is 5.91 Å². The Labute approximate surface area is 163 Å². The first-order valence-electron chi connectivity index (χ1n) is 9.11. The van der Waals surface area contributed by atoms with Crippen molar-refractivity contribution in [3.63, 3.8) is 0 Å². The molecule has 1 aliphatic heterocycles. The number of nitrogens with two attached hydrogens (primary N) is 1. The van der Waals surface area contributed by atoms with Crippen molar-refractivity contribution in [2.75, 3.05) is 20.2 Å². The standard InChI is InChI=1S/C20H26FN3O2S/c1-12-18(23-17(27-12)7-9-22)19(25)24-10-8-14(20(24,2)3)13-5-6-16(26-4)15(21)11-13/h5-6,11,14H,7-10,22H2,1-4H3. The highest BCUT2D eigenvalue weighted by Crippen LogP contribution is 2.43. The number of nitrogens with zero attached hydrogens (tertiary/aromatic N) is 2. The normalized spacial score (nSPS) is 18.7. The van der Waals surface area contributed by atoms with Crippen LogP contribution in [-0.2, 0) is 6.42 Å². The molecule has 1 saturated heterocycles. The van der Waals surface area contributed by atoms with Crippen molar-refractivity contribution in [3.8, 4) is 5.75 Å². The fourth-order valence-corrected chi connectivity index (χ4v) is 4.87. The molecule has 0 radical (unpaired) electrons. The maximum Gasteiger partial charge on any atom is 0.274 e. The molecule has 7 heteroatoms. The van der Waals surface area contributed by atoms with E-state index in [2.05, 4.69) is 4.98 Å². The van der Waals surface area contributed by atoms with Gasteiger partial charge < -0.3 is 15.4 Å². The maximum absolute atomic E-state index is 14.2. The Bertz CT molecular complexity index is 850. The van der Waals surface area contributed by atoms with Crippen LogP contribution in [0.25, 0.3) is 0 Å². The van der Waals surface area contributed by atoms with Crippen LogP contribution < -0.4 is 10.5 Å². The van der Waals surface area contributed by atoms with Crippen molar-refractivity contribution in [1.82, 2.24) is 9.88 Å². The van der Waals surface area contributed by atoms with Gasteiger partial charge in [0.1, 0.15) is 5.69 Å². The van der Waals surface area contributed by atoms with Crippen molar-refractivity contribution >= 4 is 17.2 Å². The van der Waals surface area contributed by atoms with Gasteiger partial charge in [-0.05, 0) is 51.4 Å². The van der Waals surface area contributed by atoms with Crippen LogP contribution in [-0.4, -0.2) is 41.5 Å². The molecule has 0 aliphatic carbocycles. The summed E-state index contributed by atoms with van der Waals surface area (Å²) in [6.45, 7) is 7.12. The monoisotopic (exact) mass is 391 g/mol. The Hall–Kier alpha value is -1.99. The maximum atomic E-state index is 14.2. The van der Waals surface area contributed by atoms with Gasteiger partial charge in [-0.2, -0.15) is 0 Å². The number of rotatable bonds is 5. The molecule has 1 aromatic heterocycles. The van der Waals surface area contributed by atoms with Gasteiger partial charge in [0.15, 0.2) is 11.6 Å². The zero-order valence-corrected chi connectivity index (χ0v) is 17.0. The van der Waals surface area contributed by atoms with Crippen LogP contribution in [0.5, 0.6) is 5.75 Å². The highest BCUT2D eigenvalue weighted by Gasteiger charge is 2.45. The third-order valence-electron chi connectivity index (χ3n) is 5.41. The molecule has 0 saturated carbocycles. The zero-order valence-electron chi connectivity index (χ0n) is 16.2. The second-order valence-electron chi connectivity index (χ2n) is 7.40. The average Bonchev–Trinajstić information content (AvgIpc) is 3.13. The van der Waals surface area contributed by atoms with Crippen molar-refractivity contribution in [2.45, 2.75) is 45.1 Å². The first-order chi connectivity index (χ1) is 12.8. The minimum absolute atomic E-state index is 0.0457. The Kier molecular flexibility index (Phi) is 5.53. The molecule has 5 nitrogen and oxygen atoms in total. The number of aromatic nitrogens is 1. The molecular formula is C20H26FN3O2S. The molecule has 0 spiro atoms. The van der Waals surface area contributed by atoms with Crippen molar-refractivity contribution < 1.29 is 13.9 Å². The van der Waals surface area contributed by atoms with Crippen LogP contribution in [0.3, 0.4) is 0 Å². The lowest BCUT2D eigenvalue weighted by Gasteiger charge is -2.36. The second-order valence-corrected chi connectivity index (χ2v) is 8.68. The molecule has 1 atom stereocenters. The average molecular weight is 392 g/mol. The summed E-state index contributed by atoms with van der Waals surface area (Å²) in [6.07, 6.45) is 1.46. The van der Waals surface area contributed by atoms with E-state index in [-0.39, 0.29) is 23.4 Å². The molecule has 146 valence electrons. The molecule has 1 amide bonds. The van der Waals surface area contributed by atoms with E-state index in [0.717, 1.165) is 21.9 Å². The highest BCUT2D eigenvalue weighted by molar-refractivity contribution is 7.11. The summed E-state index contributed by atoms with van der Waals surface area (Å²) in [5, 5.41) is 0.893. The lowest BCUT2D eigenvalue weighted by atomic mass is 9.82. The van der Waals surface area contributed by atoms with Gasteiger partial charge in [-0.1, -0.05) is 6.07 Å². The van der Waals surface area contributed by atoms with Crippen LogP contribution in [0, 0.1) is 12.7 Å². The third kappa shape index (κ3) is 3.58. The molecule has 1 aromatic carbocycles. The topological polar surface area (TPSA) is 68.5 Å². The van der Waals surface area contributed by atoms with E-state index in [1.54, 1.807) is 6.07 Å². The number of halogens is 1. The Morgan fingerprint density at radius 1 is 1.48 bits per heavy atom. The van der Waals surface area contributed by atoms with Crippen molar-refractivity contribution in [3.05, 3.63) is 45.2 Å². The van der Waals surface area contributed by atoms with Gasteiger partial charge in [-0.25, -0.2) is 9.37 Å². The van der Waals surface area contributed by atoms with Gasteiger partial charge in [0.05, 0.1) is 12.1 Å². The Morgan fingerprint density at radius 2 is 2.22 bits per heavy atom. The number of hydrogen-bond donors (Lipinski definition) is 1. The molecule has 1 aliphatic rings. The number of ether oxygens (including phenoxy) is 1. The van der Waals surface area contributed by atoms with E-state index >= 15 is 0 Å². The van der Waals surface area contributed by atoms with Gasteiger partial charge in [-0.15, -0.1) is 11.3 Å². The van der Waals surface area contributed by atoms with Crippen LogP contribution >= 0.6 is 11.3 Å². The lowest BCUT2D eigenvalue weighted by molar-refractivity contribution is 0.0629. The molecule has 1 unspecified atom stereocenters. The van der Waals surface area contributed by atoms with Crippen LogP contribution in [0.15, 0.2) is 18.2 Å². The summed E-state index contributed by atoms with van der Waals surface area (Å²) < 4.78 is 19.2. The van der Waals surface area contributed by atoms with Crippen molar-refractivity contribution in [1.29, 1.82) is 0 Å². The van der Waals surface area contributed by atoms with E-state index < -0.39 is 5.54 Å². The number of thiazole rings is 1. The summed E-state index contributed by atoms with van der Waals surface area (Å²) in [5.74, 6) is -0.164. The first kappa shape index (κ1) is 19.8. The fourth-order valence-electron chi connectivity index (χ4n) is 3.93. The first-order valence-corrected chi connectivity index (χ1v) is 9.93. The summed E-state index contributed by atoms with van der Waals surface area (Å²) in [7, 11) is 1.45. The molecule has 1 fully saturated rings. The van der Waals surface area contributed by atoms with Crippen molar-refractivity contribution in [2.24, 2.45) is 5.73 Å². The van der Waals surface area contributed by atoms with Crippen LogP contribution in [0.4, 0.5) is 4.39 Å². The van der Waals surface area contributed by atoms with Crippen LogP contribution in [0.1, 0.15) is 52.1 Å². The number of benzene rings is 1. The number of aryl methyl sites for hydroxylation is 1. The van der Waals surface area contributed by atoms with E-state index in [9.17, 15) is 9.18 Å². The summed E-state index contributed by atoms with van der Waals surface area (Å²) in [6, 6.07) is 5.05. The molecule has 2 heterocycles. The lowest BCUT2D eigenvalue weighted by Crippen LogP contribution is -2.45. The Balaban J connectivity index is 1.87. The molecule has 3 rings (SSSR count). The number of carbonyl (C=O) groups is 1. The van der Waals surface area contributed by atoms with E-state index in [4.69, 9.17) is 10.5 Å². The van der Waals surface area contributed by atoms with E-state index in [1.807, 2.05) is 31.7 Å². The molecular weight excluding hydrogens is 365 g/mol. The summed E-state index contributed by atoms with van der Waals surface area (Å²) in [4.78, 5) is 20.5.